The summed E-state index contributed by atoms with van der Waals surface area (Å²) in [6.45, 7) is 2.39. The SMILES string of the molecule is CCCCCCCCCCc1ccc(CN(C)C2CCC(C(=O)O)(C(=O)O)CC2)c(F)c1F. The molecule has 0 heterocycles. The van der Waals surface area contributed by atoms with E-state index in [0.29, 0.717) is 24.8 Å². The lowest BCUT2D eigenvalue weighted by molar-refractivity contribution is -0.168. The molecule has 0 bridgehead atoms. The van der Waals surface area contributed by atoms with Gasteiger partial charge in [0.25, 0.3) is 0 Å². The van der Waals surface area contributed by atoms with Gasteiger partial charge in [0.15, 0.2) is 17.0 Å². The lowest BCUT2D eigenvalue weighted by atomic mass is 9.72. The summed E-state index contributed by atoms with van der Waals surface area (Å²) in [5, 5.41) is 18.7. The fourth-order valence-corrected chi connectivity index (χ4v) is 4.85. The Morgan fingerprint density at radius 3 is 1.94 bits per heavy atom. The van der Waals surface area contributed by atoms with Crippen LogP contribution in [-0.4, -0.2) is 40.1 Å². The zero-order valence-electron chi connectivity index (χ0n) is 20.0. The number of carboxylic acid groups (broad SMARTS) is 2. The molecule has 0 unspecified atom stereocenters. The predicted molar refractivity (Wildman–Crippen MR) is 124 cm³/mol. The molecule has 0 saturated heterocycles. The highest BCUT2D eigenvalue weighted by atomic mass is 19.2. The summed E-state index contributed by atoms with van der Waals surface area (Å²) >= 11 is 0. The lowest BCUT2D eigenvalue weighted by Crippen LogP contribution is -2.46. The Balaban J connectivity index is 1.85. The number of rotatable bonds is 14. The van der Waals surface area contributed by atoms with Gasteiger partial charge in [0.05, 0.1) is 0 Å². The monoisotopic (exact) mass is 467 g/mol. The van der Waals surface area contributed by atoms with E-state index in [-0.39, 0.29) is 31.0 Å². The van der Waals surface area contributed by atoms with Crippen molar-refractivity contribution < 1.29 is 28.6 Å². The zero-order valence-corrected chi connectivity index (χ0v) is 20.0. The normalized spacial score (nSPS) is 16.3. The Morgan fingerprint density at radius 1 is 0.909 bits per heavy atom. The highest BCUT2D eigenvalue weighted by molar-refractivity contribution is 5.98. The average Bonchev–Trinajstić information content (AvgIpc) is 2.79. The molecule has 0 amide bonds. The number of carboxylic acids is 2. The molecule has 0 spiro atoms. The molecule has 0 aliphatic heterocycles. The molecule has 33 heavy (non-hydrogen) atoms. The van der Waals surface area contributed by atoms with E-state index >= 15 is 0 Å². The van der Waals surface area contributed by atoms with Crippen LogP contribution in [0.15, 0.2) is 12.1 Å². The largest absolute Gasteiger partial charge is 0.480 e. The van der Waals surface area contributed by atoms with Crippen LogP contribution in [-0.2, 0) is 22.6 Å². The number of unbranched alkanes of at least 4 members (excludes halogenated alkanes) is 7. The molecule has 1 aliphatic rings. The summed E-state index contributed by atoms with van der Waals surface area (Å²) in [5.41, 5.74) is -1.07. The second kappa shape index (κ2) is 13.0. The van der Waals surface area contributed by atoms with E-state index in [1.165, 1.54) is 32.1 Å². The summed E-state index contributed by atoms with van der Waals surface area (Å²) in [5.74, 6) is -4.21. The topological polar surface area (TPSA) is 77.8 Å². The number of aliphatic carboxylic acids is 2. The van der Waals surface area contributed by atoms with Gasteiger partial charge in [-0.05, 0) is 51.1 Å². The Labute approximate surface area is 196 Å². The van der Waals surface area contributed by atoms with Crippen molar-refractivity contribution in [3.63, 3.8) is 0 Å². The number of carbonyl (C=O) groups is 2. The molecule has 1 aromatic carbocycles. The van der Waals surface area contributed by atoms with Gasteiger partial charge < -0.3 is 10.2 Å². The zero-order chi connectivity index (χ0) is 24.4. The van der Waals surface area contributed by atoms with Gasteiger partial charge in [0.2, 0.25) is 0 Å². The third-order valence-electron chi connectivity index (χ3n) is 7.21. The first-order valence-corrected chi connectivity index (χ1v) is 12.4. The van der Waals surface area contributed by atoms with Crippen LogP contribution in [0.4, 0.5) is 8.78 Å². The number of hydrogen-bond donors (Lipinski definition) is 2. The minimum Gasteiger partial charge on any atom is -0.480 e. The third kappa shape index (κ3) is 7.23. The minimum absolute atomic E-state index is 0.0288. The molecule has 186 valence electrons. The van der Waals surface area contributed by atoms with E-state index < -0.39 is 29.0 Å². The predicted octanol–water partition coefficient (Wildman–Crippen LogP) is 6.18. The van der Waals surface area contributed by atoms with E-state index in [9.17, 15) is 28.6 Å². The second-order valence-electron chi connectivity index (χ2n) is 9.58. The molecule has 0 radical (unpaired) electrons. The summed E-state index contributed by atoms with van der Waals surface area (Å²) in [6, 6.07) is 3.23. The van der Waals surface area contributed by atoms with Crippen molar-refractivity contribution in [2.24, 2.45) is 5.41 Å². The first kappa shape index (κ1) is 27.2. The van der Waals surface area contributed by atoms with Crippen molar-refractivity contribution in [2.45, 2.75) is 103 Å². The minimum atomic E-state index is -1.74. The van der Waals surface area contributed by atoms with Gasteiger partial charge in [0.1, 0.15) is 0 Å². The molecule has 1 aromatic rings. The molecule has 0 aromatic heterocycles. The molecular formula is C26H39F2NO4. The van der Waals surface area contributed by atoms with E-state index in [1.807, 2.05) is 4.90 Å². The Kier molecular flexibility index (Phi) is 10.7. The van der Waals surface area contributed by atoms with Gasteiger partial charge in [-0.3, -0.25) is 14.5 Å². The van der Waals surface area contributed by atoms with E-state index in [2.05, 4.69) is 6.92 Å². The van der Waals surface area contributed by atoms with Crippen LogP contribution < -0.4 is 0 Å². The van der Waals surface area contributed by atoms with Crippen LogP contribution in [0, 0.1) is 17.0 Å². The first-order valence-electron chi connectivity index (χ1n) is 12.4. The van der Waals surface area contributed by atoms with Crippen molar-refractivity contribution >= 4 is 11.9 Å². The van der Waals surface area contributed by atoms with E-state index in [1.54, 1.807) is 19.2 Å². The molecule has 1 aliphatic carbocycles. The maximum absolute atomic E-state index is 14.7. The molecule has 2 N–H and O–H groups in total. The van der Waals surface area contributed by atoms with Gasteiger partial charge >= 0.3 is 11.9 Å². The summed E-state index contributed by atoms with van der Waals surface area (Å²) in [6.07, 6.45) is 10.6. The smallest absolute Gasteiger partial charge is 0.321 e. The molecule has 0 atom stereocenters. The van der Waals surface area contributed by atoms with Gasteiger partial charge in [-0.25, -0.2) is 8.78 Å². The molecule has 7 heteroatoms. The van der Waals surface area contributed by atoms with Crippen molar-refractivity contribution in [1.82, 2.24) is 4.90 Å². The molecule has 5 nitrogen and oxygen atoms in total. The van der Waals surface area contributed by atoms with Gasteiger partial charge in [-0.2, -0.15) is 0 Å². The van der Waals surface area contributed by atoms with Crippen LogP contribution in [0.2, 0.25) is 0 Å². The standard InChI is InChI=1S/C26H39F2NO4/c1-3-4-5-6-7-8-9-10-11-19-12-13-20(23(28)22(19)27)18-29(2)21-14-16-26(17-15-21,24(30)31)25(32)33/h12-13,21H,3-11,14-18H2,1-2H3,(H,30,31)(H,32,33). The summed E-state index contributed by atoms with van der Waals surface area (Å²) < 4.78 is 29.3. The molecule has 2 rings (SSSR count). The van der Waals surface area contributed by atoms with Crippen molar-refractivity contribution in [3.05, 3.63) is 34.9 Å². The quantitative estimate of drug-likeness (QED) is 0.252. The van der Waals surface area contributed by atoms with Gasteiger partial charge in [-0.15, -0.1) is 0 Å². The van der Waals surface area contributed by atoms with Crippen LogP contribution in [0.5, 0.6) is 0 Å². The van der Waals surface area contributed by atoms with Crippen LogP contribution in [0.3, 0.4) is 0 Å². The number of hydrogen-bond acceptors (Lipinski definition) is 3. The Hall–Kier alpha value is -2.02. The summed E-state index contributed by atoms with van der Waals surface area (Å²) in [7, 11) is 1.78. The number of halogens is 2. The van der Waals surface area contributed by atoms with Crippen LogP contribution in [0.1, 0.15) is 95.1 Å². The molecule has 1 saturated carbocycles. The maximum atomic E-state index is 14.7. The van der Waals surface area contributed by atoms with Crippen LogP contribution >= 0.6 is 0 Å². The fraction of sp³-hybridized carbons (Fsp3) is 0.692. The fourth-order valence-electron chi connectivity index (χ4n) is 4.85. The first-order chi connectivity index (χ1) is 15.7. The van der Waals surface area contributed by atoms with Gasteiger partial charge in [-0.1, -0.05) is 64.0 Å². The molecule has 1 fully saturated rings. The second-order valence-corrected chi connectivity index (χ2v) is 9.58. The molecular weight excluding hydrogens is 428 g/mol. The number of aryl methyl sites for hydroxylation is 1. The third-order valence-corrected chi connectivity index (χ3v) is 7.21. The Morgan fingerprint density at radius 2 is 1.39 bits per heavy atom. The van der Waals surface area contributed by atoms with Crippen molar-refractivity contribution in [3.8, 4) is 0 Å². The number of benzene rings is 1. The highest BCUT2D eigenvalue weighted by Gasteiger charge is 2.49. The Bertz CT molecular complexity index is 775. The summed E-state index contributed by atoms with van der Waals surface area (Å²) in [4.78, 5) is 24.8. The van der Waals surface area contributed by atoms with E-state index in [4.69, 9.17) is 0 Å². The average molecular weight is 468 g/mol. The van der Waals surface area contributed by atoms with E-state index in [0.717, 1.165) is 19.3 Å². The lowest BCUT2D eigenvalue weighted by Gasteiger charge is -2.37. The van der Waals surface area contributed by atoms with Crippen molar-refractivity contribution in [1.29, 1.82) is 0 Å². The highest BCUT2D eigenvalue weighted by Crippen LogP contribution is 2.39. The number of nitrogens with zero attached hydrogens (tertiary/aromatic N) is 1. The maximum Gasteiger partial charge on any atom is 0.321 e. The van der Waals surface area contributed by atoms with Crippen LogP contribution in [0.25, 0.3) is 0 Å². The van der Waals surface area contributed by atoms with Crippen molar-refractivity contribution in [2.75, 3.05) is 7.05 Å². The van der Waals surface area contributed by atoms with Gasteiger partial charge in [0, 0.05) is 18.2 Å².